The van der Waals surface area contributed by atoms with Gasteiger partial charge in [0.2, 0.25) is 0 Å². The van der Waals surface area contributed by atoms with Gasteiger partial charge in [-0.3, -0.25) is 20.0 Å². The summed E-state index contributed by atoms with van der Waals surface area (Å²) in [6.45, 7) is 1.91. The van der Waals surface area contributed by atoms with Crippen molar-refractivity contribution < 1.29 is 32.0 Å². The van der Waals surface area contributed by atoms with Gasteiger partial charge in [-0.25, -0.2) is 13.2 Å². The van der Waals surface area contributed by atoms with Gasteiger partial charge in [0.1, 0.15) is 23.4 Å². The predicted octanol–water partition coefficient (Wildman–Crippen LogP) is 4.42. The standard InChI is InChI=1S/C24H17F4N3O3S/c1-12(32)19-14-6-7-30(28)21(15-10-13(25)11-16(26)20(15)27)22(14)35-23(19)24(33)29-31-8-9-34-18-5-3-2-4-17(18)31/h2-7,10-11,23H,8-9H2,1H3,(H,29,33). The number of carbonyl (C=O) groups excluding carboxylic acids is 2. The zero-order chi connectivity index (χ0) is 24.9. The number of fused-ring (bicyclic) bond motifs is 2. The van der Waals surface area contributed by atoms with E-state index in [1.54, 1.807) is 29.3 Å². The molecular formula is C24H17F4N3O3S. The molecule has 1 N–H and O–H groups in total. The third-order valence-electron chi connectivity index (χ3n) is 5.67. The fourth-order valence-electron chi connectivity index (χ4n) is 4.17. The highest BCUT2D eigenvalue weighted by molar-refractivity contribution is 8.05. The number of ether oxygens (including phenoxy) is 1. The first-order chi connectivity index (χ1) is 16.8. The molecule has 0 aliphatic carbocycles. The number of ketones is 1. The van der Waals surface area contributed by atoms with Gasteiger partial charge in [-0.15, -0.1) is 11.8 Å². The van der Waals surface area contributed by atoms with Crippen LogP contribution >= 0.6 is 11.8 Å². The largest absolute Gasteiger partial charge is 0.489 e. The highest BCUT2D eigenvalue weighted by Gasteiger charge is 2.42. The summed E-state index contributed by atoms with van der Waals surface area (Å²) in [6, 6.07) is 8.08. The van der Waals surface area contributed by atoms with Crippen molar-refractivity contribution >= 4 is 34.8 Å². The van der Waals surface area contributed by atoms with Crippen LogP contribution in [0.4, 0.5) is 23.3 Å². The Labute approximate surface area is 201 Å². The molecule has 180 valence electrons. The van der Waals surface area contributed by atoms with Crippen LogP contribution in [0.1, 0.15) is 12.5 Å². The average Bonchev–Trinajstić information content (AvgIpc) is 3.22. The van der Waals surface area contributed by atoms with Crippen molar-refractivity contribution in [3.8, 4) is 5.75 Å². The number of carbonyl (C=O) groups is 2. The van der Waals surface area contributed by atoms with E-state index >= 15 is 0 Å². The minimum absolute atomic E-state index is 0.0133. The van der Waals surface area contributed by atoms with E-state index in [1.165, 1.54) is 13.0 Å². The molecule has 3 aliphatic rings. The monoisotopic (exact) mass is 503 g/mol. The van der Waals surface area contributed by atoms with E-state index in [2.05, 4.69) is 5.43 Å². The number of thioether (sulfide) groups is 1. The van der Waals surface area contributed by atoms with Crippen LogP contribution < -0.4 is 15.2 Å². The van der Waals surface area contributed by atoms with E-state index in [4.69, 9.17) is 4.74 Å². The maximum Gasteiger partial charge on any atom is 0.256 e. The average molecular weight is 503 g/mol. The summed E-state index contributed by atoms with van der Waals surface area (Å²) in [5.41, 5.74) is 2.50. The highest BCUT2D eigenvalue weighted by atomic mass is 32.2. The molecular weight excluding hydrogens is 486 g/mol. The van der Waals surface area contributed by atoms with Gasteiger partial charge in [-0.05, 0) is 31.2 Å². The van der Waals surface area contributed by atoms with Crippen molar-refractivity contribution in [2.75, 3.05) is 18.2 Å². The molecule has 0 saturated carbocycles. The Balaban J connectivity index is 1.55. The van der Waals surface area contributed by atoms with E-state index < -0.39 is 45.7 Å². The number of rotatable bonds is 4. The van der Waals surface area contributed by atoms with Crippen LogP contribution in [0.5, 0.6) is 5.75 Å². The Bertz CT molecular complexity index is 1360. The van der Waals surface area contributed by atoms with Crippen LogP contribution in [0.3, 0.4) is 0 Å². The van der Waals surface area contributed by atoms with Crippen molar-refractivity contribution in [3.05, 3.63) is 87.7 Å². The molecule has 2 aromatic carbocycles. The molecule has 35 heavy (non-hydrogen) atoms. The van der Waals surface area contributed by atoms with Crippen molar-refractivity contribution in [2.24, 2.45) is 0 Å². The van der Waals surface area contributed by atoms with Crippen molar-refractivity contribution in [1.29, 1.82) is 0 Å². The number of hydrogen-bond acceptors (Lipinski definition) is 6. The molecule has 1 atom stereocenters. The van der Waals surface area contributed by atoms with Gasteiger partial charge in [0, 0.05) is 33.9 Å². The lowest BCUT2D eigenvalue weighted by Gasteiger charge is -2.32. The van der Waals surface area contributed by atoms with Crippen LogP contribution in [0.15, 0.2) is 64.7 Å². The zero-order valence-corrected chi connectivity index (χ0v) is 19.0. The predicted molar refractivity (Wildman–Crippen MR) is 122 cm³/mol. The summed E-state index contributed by atoms with van der Waals surface area (Å²) in [6.07, 6.45) is 2.17. The topological polar surface area (TPSA) is 61.9 Å². The summed E-state index contributed by atoms with van der Waals surface area (Å²) >= 11 is 0.806. The summed E-state index contributed by atoms with van der Waals surface area (Å²) in [5.74, 6) is -4.50. The van der Waals surface area contributed by atoms with Gasteiger partial charge >= 0.3 is 0 Å². The fourth-order valence-corrected chi connectivity index (χ4v) is 5.59. The molecule has 0 radical (unpaired) electrons. The normalized spacial score (nSPS) is 18.9. The van der Waals surface area contributed by atoms with E-state index in [9.17, 15) is 27.2 Å². The molecule has 1 unspecified atom stereocenters. The second kappa shape index (κ2) is 8.81. The van der Waals surface area contributed by atoms with Gasteiger partial charge in [-0.2, -0.15) is 5.12 Å². The molecule has 3 heterocycles. The maximum absolute atomic E-state index is 14.8. The van der Waals surface area contributed by atoms with E-state index in [1.807, 2.05) is 0 Å². The lowest BCUT2D eigenvalue weighted by molar-refractivity contribution is -0.121. The number of amides is 1. The number of hydrogen-bond donors (Lipinski definition) is 1. The molecule has 2 aromatic rings. The number of nitrogens with one attached hydrogen (secondary N) is 1. The fraction of sp³-hybridized carbons (Fsp3) is 0.167. The summed E-state index contributed by atoms with van der Waals surface area (Å²) in [7, 11) is 0. The van der Waals surface area contributed by atoms with Gasteiger partial charge in [0.25, 0.3) is 5.91 Å². The molecule has 0 bridgehead atoms. The van der Waals surface area contributed by atoms with Crippen LogP contribution in [0.25, 0.3) is 5.70 Å². The third-order valence-corrected chi connectivity index (χ3v) is 7.01. The SMILES string of the molecule is CC(=O)C1=C2C=CN(F)C(c3cc(F)cc(F)c3F)=C2SC1C(=O)NN1CCOc2ccccc21. The lowest BCUT2D eigenvalue weighted by atomic mass is 9.97. The second-order valence-corrected chi connectivity index (χ2v) is 8.99. The number of para-hydroxylation sites is 2. The minimum Gasteiger partial charge on any atom is -0.489 e. The smallest absolute Gasteiger partial charge is 0.256 e. The van der Waals surface area contributed by atoms with Crippen LogP contribution in [0, 0.1) is 17.5 Å². The first-order valence-corrected chi connectivity index (χ1v) is 11.4. The lowest BCUT2D eigenvalue weighted by Crippen LogP contribution is -2.49. The molecule has 3 aliphatic heterocycles. The van der Waals surface area contributed by atoms with Crippen LogP contribution in [0.2, 0.25) is 0 Å². The highest BCUT2D eigenvalue weighted by Crippen LogP contribution is 2.50. The van der Waals surface area contributed by atoms with Crippen molar-refractivity contribution in [2.45, 2.75) is 12.2 Å². The Morgan fingerprint density at radius 1 is 1.17 bits per heavy atom. The van der Waals surface area contributed by atoms with Gasteiger partial charge in [0.15, 0.2) is 17.4 Å². The molecule has 5 rings (SSSR count). The molecule has 1 amide bonds. The van der Waals surface area contributed by atoms with Crippen LogP contribution in [-0.2, 0) is 9.59 Å². The summed E-state index contributed by atoms with van der Waals surface area (Å²) in [5, 5.41) is 0.486. The van der Waals surface area contributed by atoms with Crippen molar-refractivity contribution in [1.82, 2.24) is 10.5 Å². The molecule has 0 saturated heterocycles. The number of allylic oxidation sites excluding steroid dienone is 2. The zero-order valence-electron chi connectivity index (χ0n) is 18.1. The van der Waals surface area contributed by atoms with Crippen LogP contribution in [-0.4, -0.2) is 35.2 Å². The van der Waals surface area contributed by atoms with E-state index in [0.29, 0.717) is 36.7 Å². The summed E-state index contributed by atoms with van der Waals surface area (Å²) < 4.78 is 62.8. The van der Waals surface area contributed by atoms with Gasteiger partial charge in [0.05, 0.1) is 17.9 Å². The van der Waals surface area contributed by atoms with Crippen molar-refractivity contribution in [3.63, 3.8) is 0 Å². The molecule has 0 fully saturated rings. The number of Topliss-reactive ketones (excluding diaryl/α,β-unsaturated/α-hetero) is 1. The number of nitrogens with zero attached hydrogens (tertiary/aromatic N) is 2. The quantitative estimate of drug-likeness (QED) is 0.379. The summed E-state index contributed by atoms with van der Waals surface area (Å²) in [4.78, 5) is 25.9. The maximum atomic E-state index is 14.8. The molecule has 11 heteroatoms. The second-order valence-electron chi connectivity index (χ2n) is 7.88. The Morgan fingerprint density at radius 3 is 2.71 bits per heavy atom. The van der Waals surface area contributed by atoms with E-state index in [-0.39, 0.29) is 21.2 Å². The number of halogens is 4. The Morgan fingerprint density at radius 2 is 1.94 bits per heavy atom. The molecule has 0 spiro atoms. The molecule has 6 nitrogen and oxygen atoms in total. The first-order valence-electron chi connectivity index (χ1n) is 10.5. The Hall–Kier alpha value is -3.73. The first kappa shape index (κ1) is 23.0. The number of hydrazine groups is 1. The Kier molecular flexibility index (Phi) is 5.79. The third kappa shape index (κ3) is 3.95. The number of anilines is 1. The molecule has 0 aromatic heterocycles. The minimum atomic E-state index is -1.49. The number of benzene rings is 2. The van der Waals surface area contributed by atoms with E-state index in [0.717, 1.165) is 18.0 Å². The van der Waals surface area contributed by atoms with Gasteiger partial charge < -0.3 is 4.74 Å². The van der Waals surface area contributed by atoms with Gasteiger partial charge in [-0.1, -0.05) is 16.6 Å².